The fourth-order valence-electron chi connectivity index (χ4n) is 3.33. The maximum atomic E-state index is 11.8. The van der Waals surface area contributed by atoms with Crippen LogP contribution in [0.5, 0.6) is 0 Å². The van der Waals surface area contributed by atoms with Gasteiger partial charge in [-0.25, -0.2) is 0 Å². The van der Waals surface area contributed by atoms with Crippen molar-refractivity contribution < 1.29 is 9.53 Å². The molecule has 2 atom stereocenters. The van der Waals surface area contributed by atoms with E-state index in [1.807, 2.05) is 0 Å². The highest BCUT2D eigenvalue weighted by Gasteiger charge is 2.40. The lowest BCUT2D eigenvalue weighted by atomic mass is 9.89. The summed E-state index contributed by atoms with van der Waals surface area (Å²) in [6.45, 7) is 1.67. The molecule has 0 spiro atoms. The molecule has 19 heavy (non-hydrogen) atoms. The molecule has 2 rings (SSSR count). The lowest BCUT2D eigenvalue weighted by molar-refractivity contribution is -0.146. The predicted octanol–water partition coefficient (Wildman–Crippen LogP) is 1.73. The van der Waals surface area contributed by atoms with E-state index in [-0.39, 0.29) is 18.1 Å². The second kappa shape index (κ2) is 6.78. The summed E-state index contributed by atoms with van der Waals surface area (Å²) in [4.78, 5) is 17.1. The first kappa shape index (κ1) is 14.2. The molecule has 0 aromatic rings. The van der Waals surface area contributed by atoms with Crippen molar-refractivity contribution in [2.24, 2.45) is 11.0 Å². The average Bonchev–Trinajstić information content (AvgIpc) is 2.82. The molecule has 6 nitrogen and oxygen atoms in total. The molecule has 1 aliphatic carbocycles. The van der Waals surface area contributed by atoms with Crippen LogP contribution in [-0.4, -0.2) is 43.2 Å². The molecule has 1 heterocycles. The van der Waals surface area contributed by atoms with Crippen LogP contribution >= 0.6 is 0 Å². The molecule has 6 heteroatoms. The fourth-order valence-corrected chi connectivity index (χ4v) is 3.33. The number of likely N-dealkylation sites (tertiary alicyclic amines) is 1. The van der Waals surface area contributed by atoms with Crippen LogP contribution in [-0.2, 0) is 9.53 Å². The molecule has 0 bridgehead atoms. The zero-order valence-electron chi connectivity index (χ0n) is 11.5. The number of hydrogen-bond acceptors (Lipinski definition) is 5. The number of methoxy groups -OCH3 is 1. The van der Waals surface area contributed by atoms with Crippen LogP contribution in [0.1, 0.15) is 38.5 Å². The largest absolute Gasteiger partial charge is 0.468 e. The molecule has 2 aliphatic rings. The molecule has 1 saturated carbocycles. The van der Waals surface area contributed by atoms with Gasteiger partial charge in [0, 0.05) is 19.5 Å². The molecule has 0 aromatic carbocycles. The second-order valence-electron chi connectivity index (χ2n) is 5.60. The van der Waals surface area contributed by atoms with Gasteiger partial charge in [-0.1, -0.05) is 19.3 Å². The summed E-state index contributed by atoms with van der Waals surface area (Å²) in [6.07, 6.45) is 7.09. The highest BCUT2D eigenvalue weighted by Crippen LogP contribution is 2.28. The zero-order chi connectivity index (χ0) is 13.7. The van der Waals surface area contributed by atoms with E-state index in [1.165, 1.54) is 39.2 Å². The van der Waals surface area contributed by atoms with Crippen LogP contribution in [0.3, 0.4) is 0 Å². The van der Waals surface area contributed by atoms with Crippen molar-refractivity contribution >= 4 is 5.97 Å². The Balaban J connectivity index is 1.97. The molecular formula is C13H23N4O2+. The van der Waals surface area contributed by atoms with E-state index in [2.05, 4.69) is 14.9 Å². The van der Waals surface area contributed by atoms with Gasteiger partial charge in [-0.3, -0.25) is 9.69 Å². The van der Waals surface area contributed by atoms with E-state index in [4.69, 9.17) is 10.3 Å². The van der Waals surface area contributed by atoms with Gasteiger partial charge in [0.05, 0.1) is 7.11 Å². The number of carbonyl (C=O) groups is 1. The Kier molecular flexibility index (Phi) is 5.05. The monoisotopic (exact) mass is 267 g/mol. The minimum Gasteiger partial charge on any atom is -0.468 e. The molecule has 1 N–H and O–H groups in total. The lowest BCUT2D eigenvalue weighted by Crippen LogP contribution is -2.40. The van der Waals surface area contributed by atoms with Crippen LogP contribution in [0, 0.1) is 11.4 Å². The van der Waals surface area contributed by atoms with Crippen molar-refractivity contribution in [1.82, 2.24) is 9.81 Å². The van der Waals surface area contributed by atoms with E-state index in [0.717, 1.165) is 13.1 Å². The third-order valence-electron chi connectivity index (χ3n) is 4.29. The van der Waals surface area contributed by atoms with E-state index in [9.17, 15) is 4.79 Å². The summed E-state index contributed by atoms with van der Waals surface area (Å²) in [5.74, 6) is 0.506. The highest BCUT2D eigenvalue weighted by atomic mass is 16.5. The number of nitrogens with one attached hydrogen (secondary N) is 1. The number of ether oxygens (including phenoxy) is 1. The molecular weight excluding hydrogens is 244 g/mol. The summed E-state index contributed by atoms with van der Waals surface area (Å²) in [5.41, 5.74) is 6.83. The Morgan fingerprint density at radius 1 is 1.42 bits per heavy atom. The number of carbonyl (C=O) groups excluding carboxylic acids is 1. The van der Waals surface area contributed by atoms with Crippen molar-refractivity contribution in [3.63, 3.8) is 0 Å². The number of hydrogen-bond donors (Lipinski definition) is 1. The maximum absolute atomic E-state index is 11.8. The molecule has 0 amide bonds. The summed E-state index contributed by atoms with van der Waals surface area (Å²) < 4.78 is 4.88. The average molecular weight is 267 g/mol. The van der Waals surface area contributed by atoms with Crippen molar-refractivity contribution in [3.05, 3.63) is 0 Å². The highest BCUT2D eigenvalue weighted by molar-refractivity contribution is 5.76. The number of esters is 1. The molecule has 1 aliphatic heterocycles. The quantitative estimate of drug-likeness (QED) is 0.478. The molecule has 1 saturated heterocycles. The van der Waals surface area contributed by atoms with Gasteiger partial charge in [-0.05, 0) is 18.8 Å². The van der Waals surface area contributed by atoms with Gasteiger partial charge < -0.3 is 4.74 Å². The molecule has 0 radical (unpaired) electrons. The Bertz CT molecular complexity index is 362. The van der Waals surface area contributed by atoms with E-state index < -0.39 is 0 Å². The molecule has 106 valence electrons. The normalized spacial score (nSPS) is 28.9. The summed E-state index contributed by atoms with van der Waals surface area (Å²) in [7, 11) is 1.43. The van der Waals surface area contributed by atoms with Crippen molar-refractivity contribution in [1.29, 1.82) is 5.53 Å². The third-order valence-corrected chi connectivity index (χ3v) is 4.29. The summed E-state index contributed by atoms with van der Waals surface area (Å²) >= 11 is 0. The van der Waals surface area contributed by atoms with Gasteiger partial charge in [0.25, 0.3) is 0 Å². The third kappa shape index (κ3) is 3.61. The zero-order valence-corrected chi connectivity index (χ0v) is 11.5. The van der Waals surface area contributed by atoms with Crippen molar-refractivity contribution in [3.8, 4) is 0 Å². The first-order valence-electron chi connectivity index (χ1n) is 7.13. The van der Waals surface area contributed by atoms with Gasteiger partial charge in [-0.2, -0.15) is 0 Å². The second-order valence-corrected chi connectivity index (χ2v) is 5.60. The summed E-state index contributed by atoms with van der Waals surface area (Å²) in [6, 6.07) is -0.243. The van der Waals surface area contributed by atoms with E-state index >= 15 is 0 Å². The lowest BCUT2D eigenvalue weighted by Gasteiger charge is -2.29. The topological polar surface area (TPSA) is 79.8 Å². The number of rotatable bonds is 4. The van der Waals surface area contributed by atoms with Crippen molar-refractivity contribution in [2.75, 3.05) is 20.2 Å². The van der Waals surface area contributed by atoms with E-state index in [0.29, 0.717) is 12.3 Å². The Morgan fingerprint density at radius 2 is 2.16 bits per heavy atom. The van der Waals surface area contributed by atoms with Crippen molar-refractivity contribution in [2.45, 2.75) is 50.6 Å². The first-order chi connectivity index (χ1) is 9.24. The SMILES string of the molecule is COC(=O)[C@H]1C[C@H](N=[N+]=N)CN1CC1CCCCC1. The smallest absolute Gasteiger partial charge is 0.323 e. The van der Waals surface area contributed by atoms with Gasteiger partial charge in [0.2, 0.25) is 4.91 Å². The van der Waals surface area contributed by atoms with E-state index in [1.54, 1.807) is 0 Å². The molecule has 2 fully saturated rings. The molecule has 0 unspecified atom stereocenters. The van der Waals surface area contributed by atoms with Crippen LogP contribution in [0.15, 0.2) is 5.11 Å². The maximum Gasteiger partial charge on any atom is 0.323 e. The Labute approximate surface area is 113 Å². The Hall–Kier alpha value is -1.26. The fraction of sp³-hybridized carbons (Fsp3) is 0.923. The summed E-state index contributed by atoms with van der Waals surface area (Å²) in [5, 5.41) is 3.88. The number of nitrogens with zero attached hydrogens (tertiary/aromatic N) is 3. The van der Waals surface area contributed by atoms with Gasteiger partial charge in [-0.15, -0.1) is 0 Å². The van der Waals surface area contributed by atoms with Crippen LogP contribution in [0.25, 0.3) is 0 Å². The standard InChI is InChI=1S/C13H23N4O2/c1-19-13(18)12-7-11(15-16-14)9-17(12)8-10-5-3-2-4-6-10/h10-12,14H,2-9H2,1H3/q+1/t11-,12+/m0/s1. The van der Waals surface area contributed by atoms with Gasteiger partial charge in [0.15, 0.2) is 0 Å². The predicted molar refractivity (Wildman–Crippen MR) is 69.6 cm³/mol. The Morgan fingerprint density at radius 3 is 2.79 bits per heavy atom. The van der Waals surface area contributed by atoms with Gasteiger partial charge in [0.1, 0.15) is 22.7 Å². The minimum atomic E-state index is -0.206. The minimum absolute atomic E-state index is 0.0369. The molecule has 0 aromatic heterocycles. The van der Waals surface area contributed by atoms with Crippen LogP contribution < -0.4 is 4.91 Å². The van der Waals surface area contributed by atoms with Gasteiger partial charge >= 0.3 is 5.97 Å². The van der Waals surface area contributed by atoms with Crippen LogP contribution in [0.4, 0.5) is 0 Å². The first-order valence-corrected chi connectivity index (χ1v) is 7.13. The van der Waals surface area contributed by atoms with Crippen LogP contribution in [0.2, 0.25) is 0 Å².